The molecule has 3 N–H and O–H groups in total. The van der Waals surface area contributed by atoms with Crippen LogP contribution in [0.3, 0.4) is 0 Å². The van der Waals surface area contributed by atoms with Gasteiger partial charge in [0.2, 0.25) is 0 Å². The maximum Gasteiger partial charge on any atom is 0.133 e. The number of aryl methyl sites for hydroxylation is 2. The molecule has 0 aromatic carbocycles. The Hall–Kier alpha value is -1.66. The first-order valence-electron chi connectivity index (χ1n) is 5.23. The molecule has 6 nitrogen and oxygen atoms in total. The van der Waals surface area contributed by atoms with E-state index >= 15 is 0 Å². The highest BCUT2D eigenvalue weighted by Gasteiger charge is 2.19. The van der Waals surface area contributed by atoms with E-state index in [0.717, 1.165) is 18.1 Å². The van der Waals surface area contributed by atoms with Crippen LogP contribution in [0, 0.1) is 0 Å². The minimum absolute atomic E-state index is 0.170. The first-order valence-corrected chi connectivity index (χ1v) is 5.23. The van der Waals surface area contributed by atoms with Crippen molar-refractivity contribution in [3.8, 4) is 0 Å². The highest BCUT2D eigenvalue weighted by Crippen LogP contribution is 2.17. The van der Waals surface area contributed by atoms with E-state index in [-0.39, 0.29) is 6.04 Å². The van der Waals surface area contributed by atoms with Gasteiger partial charge in [-0.15, -0.1) is 0 Å². The number of hydrogen-bond donors (Lipinski definition) is 2. The van der Waals surface area contributed by atoms with Crippen LogP contribution in [0.5, 0.6) is 0 Å². The fraction of sp³-hybridized carbons (Fsp3) is 0.400. The summed E-state index contributed by atoms with van der Waals surface area (Å²) in [6.45, 7) is 2.93. The average Bonchev–Trinajstić information content (AvgIpc) is 2.89. The van der Waals surface area contributed by atoms with Crippen LogP contribution in [0.15, 0.2) is 24.7 Å². The van der Waals surface area contributed by atoms with Crippen LogP contribution < -0.4 is 11.3 Å². The number of nitrogens with two attached hydrogens (primary N) is 1. The molecule has 6 heteroatoms. The van der Waals surface area contributed by atoms with Crippen LogP contribution in [0.4, 0.5) is 0 Å². The number of nitrogens with one attached hydrogen (secondary N) is 1. The molecule has 0 bridgehead atoms. The van der Waals surface area contributed by atoms with Gasteiger partial charge >= 0.3 is 0 Å². The number of nitrogens with zero attached hydrogens (tertiary/aromatic N) is 4. The minimum atomic E-state index is -0.170. The van der Waals surface area contributed by atoms with Crippen molar-refractivity contribution in [2.24, 2.45) is 12.9 Å². The van der Waals surface area contributed by atoms with Gasteiger partial charge < -0.3 is 4.57 Å². The quantitative estimate of drug-likeness (QED) is 0.570. The zero-order valence-corrected chi connectivity index (χ0v) is 9.46. The molecular formula is C10H16N6. The summed E-state index contributed by atoms with van der Waals surface area (Å²) < 4.78 is 3.79. The third kappa shape index (κ3) is 1.84. The van der Waals surface area contributed by atoms with Gasteiger partial charge in [0.1, 0.15) is 11.9 Å². The van der Waals surface area contributed by atoms with Gasteiger partial charge in [-0.1, -0.05) is 0 Å². The van der Waals surface area contributed by atoms with Crippen molar-refractivity contribution >= 4 is 0 Å². The molecule has 2 aromatic rings. The maximum atomic E-state index is 5.58. The first kappa shape index (κ1) is 10.8. The Morgan fingerprint density at radius 3 is 2.88 bits per heavy atom. The normalized spacial score (nSPS) is 12.9. The molecule has 0 aliphatic carbocycles. The lowest BCUT2D eigenvalue weighted by Crippen LogP contribution is -2.31. The van der Waals surface area contributed by atoms with Gasteiger partial charge in [0.25, 0.3) is 0 Å². The fourth-order valence-corrected chi connectivity index (χ4v) is 1.73. The van der Waals surface area contributed by atoms with E-state index in [0.29, 0.717) is 0 Å². The van der Waals surface area contributed by atoms with Crippen LogP contribution in [-0.2, 0) is 13.6 Å². The standard InChI is InChI=1S/C10H16N6/c1-3-16-7-5-12-10(16)9(13-11)8-4-6-15(2)14-8/h4-7,9,13H,3,11H2,1-2H3. The third-order valence-electron chi connectivity index (χ3n) is 2.54. The second kappa shape index (κ2) is 4.46. The molecule has 0 radical (unpaired) electrons. The molecule has 1 atom stereocenters. The zero-order valence-electron chi connectivity index (χ0n) is 9.46. The highest BCUT2D eigenvalue weighted by molar-refractivity contribution is 5.16. The van der Waals surface area contributed by atoms with Crippen molar-refractivity contribution in [2.75, 3.05) is 0 Å². The SMILES string of the molecule is CCn1ccnc1C(NN)c1ccn(C)n1. The summed E-state index contributed by atoms with van der Waals surface area (Å²) in [4.78, 5) is 4.32. The number of aromatic nitrogens is 4. The van der Waals surface area contributed by atoms with E-state index in [1.165, 1.54) is 0 Å². The summed E-state index contributed by atoms with van der Waals surface area (Å²) in [5.41, 5.74) is 3.62. The van der Waals surface area contributed by atoms with Gasteiger partial charge in [-0.05, 0) is 13.0 Å². The Kier molecular flexibility index (Phi) is 3.02. The molecule has 86 valence electrons. The van der Waals surface area contributed by atoms with Gasteiger partial charge in [0.15, 0.2) is 0 Å². The van der Waals surface area contributed by atoms with Crippen molar-refractivity contribution in [3.63, 3.8) is 0 Å². The van der Waals surface area contributed by atoms with Crippen LogP contribution in [0.25, 0.3) is 0 Å². The molecule has 0 saturated carbocycles. The molecule has 1 unspecified atom stereocenters. The molecule has 0 saturated heterocycles. The zero-order chi connectivity index (χ0) is 11.5. The fourth-order valence-electron chi connectivity index (χ4n) is 1.73. The smallest absolute Gasteiger partial charge is 0.133 e. The van der Waals surface area contributed by atoms with Crippen molar-refractivity contribution in [2.45, 2.75) is 19.5 Å². The van der Waals surface area contributed by atoms with Crippen molar-refractivity contribution in [1.82, 2.24) is 24.8 Å². The van der Waals surface area contributed by atoms with Crippen molar-refractivity contribution < 1.29 is 0 Å². The van der Waals surface area contributed by atoms with E-state index in [1.807, 2.05) is 30.1 Å². The molecule has 16 heavy (non-hydrogen) atoms. The van der Waals surface area contributed by atoms with Gasteiger partial charge in [0.05, 0.1) is 5.69 Å². The predicted molar refractivity (Wildman–Crippen MR) is 60.3 cm³/mol. The summed E-state index contributed by atoms with van der Waals surface area (Å²) in [6, 6.07) is 1.76. The molecule has 2 aromatic heterocycles. The van der Waals surface area contributed by atoms with Gasteiger partial charge in [-0.25, -0.2) is 10.4 Å². The molecular weight excluding hydrogens is 204 g/mol. The molecule has 0 aliphatic heterocycles. The Morgan fingerprint density at radius 2 is 2.31 bits per heavy atom. The monoisotopic (exact) mass is 220 g/mol. The second-order valence-corrected chi connectivity index (χ2v) is 3.59. The topological polar surface area (TPSA) is 73.7 Å². The van der Waals surface area contributed by atoms with E-state index in [2.05, 4.69) is 22.4 Å². The van der Waals surface area contributed by atoms with E-state index < -0.39 is 0 Å². The molecule has 0 aliphatic rings. The summed E-state index contributed by atoms with van der Waals surface area (Å²) in [6.07, 6.45) is 5.59. The molecule has 2 heterocycles. The van der Waals surface area contributed by atoms with Crippen LogP contribution in [-0.4, -0.2) is 19.3 Å². The Labute approximate surface area is 94.1 Å². The lowest BCUT2D eigenvalue weighted by atomic mass is 10.2. The van der Waals surface area contributed by atoms with E-state index in [1.54, 1.807) is 10.9 Å². The number of hydrazine groups is 1. The Balaban J connectivity index is 2.36. The lowest BCUT2D eigenvalue weighted by molar-refractivity contribution is 0.542. The minimum Gasteiger partial charge on any atom is -0.334 e. The van der Waals surface area contributed by atoms with Crippen molar-refractivity contribution in [1.29, 1.82) is 0 Å². The summed E-state index contributed by atoms with van der Waals surface area (Å²) >= 11 is 0. The molecule has 0 fully saturated rings. The Bertz CT molecular complexity index is 457. The Morgan fingerprint density at radius 1 is 1.50 bits per heavy atom. The lowest BCUT2D eigenvalue weighted by Gasteiger charge is -2.14. The van der Waals surface area contributed by atoms with E-state index in [9.17, 15) is 0 Å². The van der Waals surface area contributed by atoms with E-state index in [4.69, 9.17) is 5.84 Å². The number of imidazole rings is 1. The van der Waals surface area contributed by atoms with Gasteiger partial charge in [-0.3, -0.25) is 10.5 Å². The third-order valence-corrected chi connectivity index (χ3v) is 2.54. The summed E-state index contributed by atoms with van der Waals surface area (Å²) in [5.74, 6) is 6.45. The number of hydrogen-bond acceptors (Lipinski definition) is 4. The molecule has 0 spiro atoms. The van der Waals surface area contributed by atoms with Gasteiger partial charge in [-0.2, -0.15) is 5.10 Å². The maximum absolute atomic E-state index is 5.58. The average molecular weight is 220 g/mol. The predicted octanol–water partition coefficient (Wildman–Crippen LogP) is 0.189. The molecule has 2 rings (SSSR count). The van der Waals surface area contributed by atoms with Gasteiger partial charge in [0, 0.05) is 32.2 Å². The second-order valence-electron chi connectivity index (χ2n) is 3.59. The van der Waals surface area contributed by atoms with Crippen LogP contribution in [0.1, 0.15) is 24.5 Å². The largest absolute Gasteiger partial charge is 0.334 e. The van der Waals surface area contributed by atoms with Crippen LogP contribution >= 0.6 is 0 Å². The summed E-state index contributed by atoms with van der Waals surface area (Å²) in [5, 5.41) is 4.33. The number of rotatable bonds is 4. The summed E-state index contributed by atoms with van der Waals surface area (Å²) in [7, 11) is 1.88. The highest BCUT2D eigenvalue weighted by atomic mass is 15.3. The first-order chi connectivity index (χ1) is 7.76. The van der Waals surface area contributed by atoms with Crippen LogP contribution in [0.2, 0.25) is 0 Å². The van der Waals surface area contributed by atoms with Crippen molar-refractivity contribution in [3.05, 3.63) is 36.2 Å². The molecule has 0 amide bonds.